The van der Waals surface area contributed by atoms with Crippen LogP contribution in [0.5, 0.6) is 5.75 Å². The highest BCUT2D eigenvalue weighted by molar-refractivity contribution is 5.93. The second-order valence-corrected chi connectivity index (χ2v) is 6.03. The van der Waals surface area contributed by atoms with Crippen molar-refractivity contribution in [2.24, 2.45) is 0 Å². The Balaban J connectivity index is 2.38. The van der Waals surface area contributed by atoms with Gasteiger partial charge in [0.15, 0.2) is 0 Å². The number of aliphatic carboxylic acids is 1. The van der Waals surface area contributed by atoms with E-state index in [1.807, 2.05) is 11.5 Å². The Hall–Kier alpha value is -2.82. The number of halogens is 1. The maximum Gasteiger partial charge on any atom is 0.310 e. The molecule has 24 heavy (non-hydrogen) atoms. The van der Waals surface area contributed by atoms with Crippen LogP contribution in [-0.2, 0) is 4.79 Å². The summed E-state index contributed by atoms with van der Waals surface area (Å²) in [5.74, 6) is -1.87. The lowest BCUT2D eigenvalue weighted by atomic mass is 9.98. The van der Waals surface area contributed by atoms with E-state index in [1.165, 1.54) is 6.07 Å². The predicted octanol–water partition coefficient (Wildman–Crippen LogP) is 4.28. The van der Waals surface area contributed by atoms with Crippen molar-refractivity contribution in [3.05, 3.63) is 59.0 Å². The van der Waals surface area contributed by atoms with Crippen molar-refractivity contribution in [1.29, 1.82) is 0 Å². The number of aryl methyl sites for hydroxylation is 1. The fourth-order valence-corrected chi connectivity index (χ4v) is 3.20. The number of benzene rings is 2. The van der Waals surface area contributed by atoms with Crippen LogP contribution < -0.4 is 0 Å². The summed E-state index contributed by atoms with van der Waals surface area (Å²) >= 11 is 0. The van der Waals surface area contributed by atoms with Crippen LogP contribution in [0.15, 0.2) is 36.4 Å². The van der Waals surface area contributed by atoms with Gasteiger partial charge >= 0.3 is 5.97 Å². The molecule has 5 heteroatoms. The number of carboxylic acid groups (broad SMARTS) is 1. The van der Waals surface area contributed by atoms with Gasteiger partial charge in [-0.3, -0.25) is 4.79 Å². The molecule has 0 aliphatic heterocycles. The zero-order valence-electron chi connectivity index (χ0n) is 13.7. The number of aromatic nitrogens is 1. The highest BCUT2D eigenvalue weighted by Gasteiger charge is 2.24. The molecule has 2 N–H and O–H groups in total. The number of phenolic OH excluding ortho intramolecular Hbond substituents is 1. The van der Waals surface area contributed by atoms with Gasteiger partial charge in [-0.15, -0.1) is 0 Å². The van der Waals surface area contributed by atoms with Crippen LogP contribution in [0.25, 0.3) is 16.6 Å². The smallest absolute Gasteiger partial charge is 0.310 e. The molecule has 1 atom stereocenters. The second kappa shape index (κ2) is 5.67. The summed E-state index contributed by atoms with van der Waals surface area (Å²) in [6.07, 6.45) is 0. The molecule has 0 amide bonds. The molecular weight excluding hydrogens is 309 g/mol. The van der Waals surface area contributed by atoms with Gasteiger partial charge in [0, 0.05) is 16.8 Å². The molecule has 4 nitrogen and oxygen atoms in total. The lowest BCUT2D eigenvalue weighted by Crippen LogP contribution is -2.09. The number of carboxylic acids is 1. The number of hydrogen-bond acceptors (Lipinski definition) is 2. The molecule has 0 radical (unpaired) electrons. The summed E-state index contributed by atoms with van der Waals surface area (Å²) in [7, 11) is 0. The quantitative estimate of drug-likeness (QED) is 0.755. The van der Waals surface area contributed by atoms with Gasteiger partial charge in [-0.25, -0.2) is 4.39 Å². The highest BCUT2D eigenvalue weighted by atomic mass is 19.1. The topological polar surface area (TPSA) is 62.5 Å². The van der Waals surface area contributed by atoms with Gasteiger partial charge in [-0.1, -0.05) is 0 Å². The van der Waals surface area contributed by atoms with Gasteiger partial charge in [-0.2, -0.15) is 0 Å². The number of fused-ring (bicyclic) bond motifs is 1. The normalized spacial score (nSPS) is 12.5. The zero-order valence-corrected chi connectivity index (χ0v) is 13.7. The van der Waals surface area contributed by atoms with Crippen molar-refractivity contribution in [3.8, 4) is 11.4 Å². The molecule has 3 rings (SSSR count). The third-order valence-corrected chi connectivity index (χ3v) is 4.44. The van der Waals surface area contributed by atoms with Gasteiger partial charge in [0.05, 0.1) is 11.4 Å². The Morgan fingerprint density at radius 2 is 1.88 bits per heavy atom. The summed E-state index contributed by atoms with van der Waals surface area (Å²) in [5, 5.41) is 19.9. The number of carbonyl (C=O) groups is 1. The fourth-order valence-electron chi connectivity index (χ4n) is 3.20. The summed E-state index contributed by atoms with van der Waals surface area (Å²) < 4.78 is 15.5. The van der Waals surface area contributed by atoms with E-state index in [0.29, 0.717) is 16.5 Å². The average Bonchev–Trinajstić information content (AvgIpc) is 2.80. The van der Waals surface area contributed by atoms with Crippen molar-refractivity contribution in [2.45, 2.75) is 26.7 Å². The standard InChI is InChI=1S/C19H18FNO3/c1-10-8-13(4-6-16(10)20)21-12(3)18(11(2)19(23)24)15-9-14(22)5-7-17(15)21/h4-9,11,22H,1-3H3,(H,23,24). The van der Waals surface area contributed by atoms with Gasteiger partial charge in [0.1, 0.15) is 11.6 Å². The molecule has 0 aliphatic carbocycles. The van der Waals surface area contributed by atoms with Crippen LogP contribution in [-0.4, -0.2) is 20.7 Å². The van der Waals surface area contributed by atoms with E-state index in [-0.39, 0.29) is 11.6 Å². The van der Waals surface area contributed by atoms with E-state index in [9.17, 15) is 19.4 Å². The van der Waals surface area contributed by atoms with Gasteiger partial charge in [0.25, 0.3) is 0 Å². The van der Waals surface area contributed by atoms with Crippen LogP contribution in [0.4, 0.5) is 4.39 Å². The van der Waals surface area contributed by atoms with E-state index in [2.05, 4.69) is 0 Å². The van der Waals surface area contributed by atoms with Crippen molar-refractivity contribution >= 4 is 16.9 Å². The molecule has 0 saturated carbocycles. The van der Waals surface area contributed by atoms with Crippen molar-refractivity contribution in [1.82, 2.24) is 4.57 Å². The highest BCUT2D eigenvalue weighted by Crippen LogP contribution is 2.36. The molecule has 0 bridgehead atoms. The third-order valence-electron chi connectivity index (χ3n) is 4.44. The van der Waals surface area contributed by atoms with Gasteiger partial charge in [-0.05, 0) is 68.3 Å². The summed E-state index contributed by atoms with van der Waals surface area (Å²) in [4.78, 5) is 11.5. The molecule has 0 aliphatic rings. The minimum Gasteiger partial charge on any atom is -0.508 e. The van der Waals surface area contributed by atoms with E-state index >= 15 is 0 Å². The maximum atomic E-state index is 13.6. The van der Waals surface area contributed by atoms with E-state index in [0.717, 1.165) is 16.9 Å². The minimum absolute atomic E-state index is 0.0776. The first kappa shape index (κ1) is 16.1. The Bertz CT molecular complexity index is 959. The summed E-state index contributed by atoms with van der Waals surface area (Å²) in [5.41, 5.74) is 3.46. The first-order valence-electron chi connectivity index (χ1n) is 7.64. The summed E-state index contributed by atoms with van der Waals surface area (Å²) in [6, 6.07) is 9.67. The Kier molecular flexibility index (Phi) is 3.79. The predicted molar refractivity (Wildman–Crippen MR) is 90.4 cm³/mol. The summed E-state index contributed by atoms with van der Waals surface area (Å²) in [6.45, 7) is 5.14. The molecule has 0 fully saturated rings. The molecule has 124 valence electrons. The SMILES string of the molecule is Cc1cc(-n2c(C)c(C(C)C(=O)O)c3cc(O)ccc32)ccc1F. The fraction of sp³-hybridized carbons (Fsp3) is 0.211. The molecule has 0 saturated heterocycles. The average molecular weight is 327 g/mol. The third kappa shape index (κ3) is 2.42. The first-order chi connectivity index (χ1) is 11.3. The molecular formula is C19H18FNO3. The van der Waals surface area contributed by atoms with Crippen LogP contribution >= 0.6 is 0 Å². The first-order valence-corrected chi connectivity index (χ1v) is 7.64. The number of phenols is 1. The monoisotopic (exact) mass is 327 g/mol. The van der Waals surface area contributed by atoms with Gasteiger partial charge in [0.2, 0.25) is 0 Å². The zero-order chi connectivity index (χ0) is 17.6. The molecule has 1 aromatic heterocycles. The minimum atomic E-state index is -0.934. The molecule has 1 heterocycles. The maximum absolute atomic E-state index is 13.6. The lowest BCUT2D eigenvalue weighted by molar-refractivity contribution is -0.138. The molecule has 2 aromatic carbocycles. The largest absolute Gasteiger partial charge is 0.508 e. The Labute approximate surface area is 138 Å². The molecule has 1 unspecified atom stereocenters. The second-order valence-electron chi connectivity index (χ2n) is 6.03. The lowest BCUT2D eigenvalue weighted by Gasteiger charge is -2.11. The Morgan fingerprint density at radius 1 is 1.17 bits per heavy atom. The van der Waals surface area contributed by atoms with Crippen molar-refractivity contribution in [3.63, 3.8) is 0 Å². The van der Waals surface area contributed by atoms with E-state index in [4.69, 9.17) is 0 Å². The number of hydrogen-bond donors (Lipinski definition) is 2. The van der Waals surface area contributed by atoms with Crippen LogP contribution in [0.2, 0.25) is 0 Å². The number of aromatic hydroxyl groups is 1. The number of rotatable bonds is 3. The van der Waals surface area contributed by atoms with Gasteiger partial charge < -0.3 is 14.8 Å². The van der Waals surface area contributed by atoms with Crippen molar-refractivity contribution in [2.75, 3.05) is 0 Å². The molecule has 3 aromatic rings. The van der Waals surface area contributed by atoms with E-state index < -0.39 is 11.9 Å². The van der Waals surface area contributed by atoms with Crippen LogP contribution in [0.1, 0.15) is 29.7 Å². The van der Waals surface area contributed by atoms with Crippen LogP contribution in [0, 0.1) is 19.7 Å². The Morgan fingerprint density at radius 3 is 2.50 bits per heavy atom. The van der Waals surface area contributed by atoms with E-state index in [1.54, 1.807) is 44.2 Å². The number of nitrogens with zero attached hydrogens (tertiary/aromatic N) is 1. The van der Waals surface area contributed by atoms with Crippen molar-refractivity contribution < 1.29 is 19.4 Å². The van der Waals surface area contributed by atoms with Crippen LogP contribution in [0.3, 0.4) is 0 Å². The molecule has 0 spiro atoms.